The molecule has 0 aromatic heterocycles. The van der Waals surface area contributed by atoms with Crippen molar-refractivity contribution in [2.45, 2.75) is 46.2 Å². The van der Waals surface area contributed by atoms with Gasteiger partial charge in [0.2, 0.25) is 0 Å². The number of fused-ring (bicyclic) bond motifs is 1. The minimum absolute atomic E-state index is 0.148. The fourth-order valence-corrected chi connectivity index (χ4v) is 5.36. The first kappa shape index (κ1) is 23.6. The van der Waals surface area contributed by atoms with E-state index in [0.29, 0.717) is 10.6 Å². The molecule has 4 nitrogen and oxygen atoms in total. The Balaban J connectivity index is 1.66. The predicted molar refractivity (Wildman–Crippen MR) is 135 cm³/mol. The summed E-state index contributed by atoms with van der Waals surface area (Å²) in [7, 11) is 0. The van der Waals surface area contributed by atoms with Crippen molar-refractivity contribution < 1.29 is 14.0 Å². The van der Waals surface area contributed by atoms with E-state index in [2.05, 4.69) is 31.7 Å². The number of carbonyl (C=O) groups is 2. The number of nitrogens with zero attached hydrogens (tertiary/aromatic N) is 2. The van der Waals surface area contributed by atoms with Crippen LogP contribution in [0.4, 0.5) is 14.9 Å². The highest BCUT2D eigenvalue weighted by molar-refractivity contribution is 8.18. The summed E-state index contributed by atoms with van der Waals surface area (Å²) in [5.74, 6) is -0.831. The van der Waals surface area contributed by atoms with Gasteiger partial charge in [0.1, 0.15) is 5.82 Å². The molecule has 0 N–H and O–H groups in total. The summed E-state index contributed by atoms with van der Waals surface area (Å²) in [6.07, 6.45) is 4.62. The molecule has 0 saturated carbocycles. The number of hydrogen-bond acceptors (Lipinski definition) is 4. The van der Waals surface area contributed by atoms with E-state index in [9.17, 15) is 9.59 Å². The summed E-state index contributed by atoms with van der Waals surface area (Å²) in [6.45, 7) is 9.33. The Morgan fingerprint density at radius 3 is 2.52 bits per heavy atom. The molecule has 2 heterocycles. The van der Waals surface area contributed by atoms with Gasteiger partial charge in [-0.3, -0.25) is 14.5 Å². The lowest BCUT2D eigenvalue weighted by atomic mass is 9.87. The maximum atomic E-state index is 15.2. The number of amides is 2. The van der Waals surface area contributed by atoms with Crippen LogP contribution in [0, 0.1) is 5.82 Å². The number of thioether (sulfide) groups is 1. The molecule has 2 aliphatic heterocycles. The first-order valence-electron chi connectivity index (χ1n) is 10.9. The summed E-state index contributed by atoms with van der Waals surface area (Å²) < 4.78 is 15.2. The Morgan fingerprint density at radius 1 is 1.15 bits per heavy atom. The molecule has 0 atom stereocenters. The zero-order chi connectivity index (χ0) is 23.9. The van der Waals surface area contributed by atoms with Gasteiger partial charge in [0.25, 0.3) is 11.1 Å². The maximum absolute atomic E-state index is 15.2. The number of carbonyl (C=O) groups excluding carboxylic acids is 2. The van der Waals surface area contributed by atoms with Crippen molar-refractivity contribution >= 4 is 51.8 Å². The maximum Gasteiger partial charge on any atom is 0.293 e. The monoisotopic (exact) mass is 484 g/mol. The highest BCUT2D eigenvalue weighted by atomic mass is 35.5. The fraction of sp³-hybridized carbons (Fsp3) is 0.308. The van der Waals surface area contributed by atoms with Gasteiger partial charge in [-0.2, -0.15) is 0 Å². The SMILES string of the molecule is CCCN1c2cc(F)c(/C=C3/SC(=O)N(Cc4ccc(Cl)cc4)C3=O)cc2C(C)=CC1(C)C. The van der Waals surface area contributed by atoms with E-state index in [-0.39, 0.29) is 22.2 Å². The molecule has 0 bridgehead atoms. The first-order valence-corrected chi connectivity index (χ1v) is 12.1. The van der Waals surface area contributed by atoms with Crippen molar-refractivity contribution in [2.75, 3.05) is 11.4 Å². The molecule has 0 spiro atoms. The average molecular weight is 485 g/mol. The van der Waals surface area contributed by atoms with E-state index >= 15 is 4.39 Å². The lowest BCUT2D eigenvalue weighted by Crippen LogP contribution is -2.45. The third-order valence-corrected chi connectivity index (χ3v) is 7.12. The fourth-order valence-electron chi connectivity index (χ4n) is 4.41. The van der Waals surface area contributed by atoms with E-state index in [1.165, 1.54) is 11.0 Å². The number of allylic oxidation sites excluding steroid dienone is 1. The van der Waals surface area contributed by atoms with E-state index in [4.69, 9.17) is 11.6 Å². The Hall–Kier alpha value is -2.57. The summed E-state index contributed by atoms with van der Waals surface area (Å²) in [5, 5.41) is 0.215. The van der Waals surface area contributed by atoms with Crippen LogP contribution < -0.4 is 4.90 Å². The van der Waals surface area contributed by atoms with Gasteiger partial charge < -0.3 is 4.90 Å². The molecule has 1 fully saturated rings. The second-order valence-electron chi connectivity index (χ2n) is 8.92. The second-order valence-corrected chi connectivity index (χ2v) is 10.3. The molecule has 2 aliphatic rings. The Bertz CT molecular complexity index is 1190. The van der Waals surface area contributed by atoms with Crippen LogP contribution in [0.2, 0.25) is 5.02 Å². The molecule has 7 heteroatoms. The van der Waals surface area contributed by atoms with Crippen LogP contribution in [0.15, 0.2) is 47.4 Å². The minimum Gasteiger partial charge on any atom is -0.362 e. The number of imide groups is 1. The summed E-state index contributed by atoms with van der Waals surface area (Å²) in [4.78, 5) is 29.0. The number of halogens is 2. The molecular weight excluding hydrogens is 459 g/mol. The molecular formula is C26H26ClFN2O2S. The van der Waals surface area contributed by atoms with Gasteiger partial charge in [-0.05, 0) is 80.4 Å². The molecule has 4 rings (SSSR count). The Morgan fingerprint density at radius 2 is 1.85 bits per heavy atom. The lowest BCUT2D eigenvalue weighted by molar-refractivity contribution is -0.123. The van der Waals surface area contributed by atoms with Crippen molar-refractivity contribution in [3.8, 4) is 0 Å². The molecule has 0 aliphatic carbocycles. The van der Waals surface area contributed by atoms with Crippen molar-refractivity contribution in [3.63, 3.8) is 0 Å². The van der Waals surface area contributed by atoms with Crippen LogP contribution in [-0.2, 0) is 11.3 Å². The molecule has 0 radical (unpaired) electrons. The van der Waals surface area contributed by atoms with E-state index < -0.39 is 11.7 Å². The number of rotatable bonds is 5. The molecule has 172 valence electrons. The standard InChI is InChI=1S/C26H26ClFN2O2S/c1-5-10-30-22-13-21(28)18(11-20(22)16(2)14-26(30,3)4)12-23-24(31)29(25(32)33-23)15-17-6-8-19(27)9-7-17/h6-9,11-14H,5,10,15H2,1-4H3/b23-12+. The summed E-state index contributed by atoms with van der Waals surface area (Å²) in [6, 6.07) is 10.3. The third-order valence-electron chi connectivity index (χ3n) is 5.96. The van der Waals surface area contributed by atoms with Gasteiger partial charge in [-0.1, -0.05) is 36.7 Å². The Labute approximate surface area is 203 Å². The van der Waals surface area contributed by atoms with Crippen molar-refractivity contribution in [1.29, 1.82) is 0 Å². The van der Waals surface area contributed by atoms with Crippen LogP contribution in [0.3, 0.4) is 0 Å². The van der Waals surface area contributed by atoms with Gasteiger partial charge in [-0.25, -0.2) is 4.39 Å². The van der Waals surface area contributed by atoms with Crippen molar-refractivity contribution in [1.82, 2.24) is 4.90 Å². The molecule has 33 heavy (non-hydrogen) atoms. The van der Waals surface area contributed by atoms with Gasteiger partial charge >= 0.3 is 0 Å². The second kappa shape index (κ2) is 8.99. The average Bonchev–Trinajstić information content (AvgIpc) is 3.00. The van der Waals surface area contributed by atoms with Gasteiger partial charge in [0.15, 0.2) is 0 Å². The smallest absolute Gasteiger partial charge is 0.293 e. The van der Waals surface area contributed by atoms with E-state index in [1.54, 1.807) is 36.4 Å². The van der Waals surface area contributed by atoms with Gasteiger partial charge in [0.05, 0.1) is 17.0 Å². The predicted octanol–water partition coefficient (Wildman–Crippen LogP) is 7.13. The number of anilines is 1. The molecule has 2 amide bonds. The zero-order valence-electron chi connectivity index (χ0n) is 19.1. The Kier molecular flexibility index (Phi) is 6.43. The zero-order valence-corrected chi connectivity index (χ0v) is 20.7. The minimum atomic E-state index is -0.418. The normalized spacial score (nSPS) is 18.7. The van der Waals surface area contributed by atoms with Gasteiger partial charge in [0, 0.05) is 28.4 Å². The lowest BCUT2D eigenvalue weighted by Gasteiger charge is -2.43. The molecule has 0 unspecified atom stereocenters. The van der Waals surface area contributed by atoms with Crippen LogP contribution >= 0.6 is 23.4 Å². The quantitative estimate of drug-likeness (QED) is 0.423. The highest BCUT2D eigenvalue weighted by Gasteiger charge is 2.36. The van der Waals surface area contributed by atoms with Gasteiger partial charge in [-0.15, -0.1) is 0 Å². The first-order chi connectivity index (χ1) is 15.6. The van der Waals surface area contributed by atoms with Crippen LogP contribution in [-0.4, -0.2) is 28.1 Å². The third kappa shape index (κ3) is 4.59. The van der Waals surface area contributed by atoms with Crippen molar-refractivity contribution in [3.05, 3.63) is 74.9 Å². The van der Waals surface area contributed by atoms with Crippen LogP contribution in [0.25, 0.3) is 11.6 Å². The molecule has 2 aromatic rings. The molecule has 1 saturated heterocycles. The number of benzene rings is 2. The number of hydrogen-bond donors (Lipinski definition) is 0. The summed E-state index contributed by atoms with van der Waals surface area (Å²) in [5.41, 5.74) is 3.73. The van der Waals surface area contributed by atoms with E-state index in [0.717, 1.165) is 47.1 Å². The van der Waals surface area contributed by atoms with Crippen molar-refractivity contribution in [2.24, 2.45) is 0 Å². The summed E-state index contributed by atoms with van der Waals surface area (Å²) >= 11 is 6.75. The topological polar surface area (TPSA) is 40.6 Å². The highest BCUT2D eigenvalue weighted by Crippen LogP contribution is 2.41. The van der Waals surface area contributed by atoms with Crippen LogP contribution in [0.5, 0.6) is 0 Å². The van der Waals surface area contributed by atoms with Crippen LogP contribution in [0.1, 0.15) is 50.8 Å². The molecule has 2 aromatic carbocycles. The van der Waals surface area contributed by atoms with E-state index in [1.807, 2.05) is 6.92 Å². The largest absolute Gasteiger partial charge is 0.362 e.